The average Bonchev–Trinajstić information content (AvgIpc) is 1.81. The van der Waals surface area contributed by atoms with Crippen molar-refractivity contribution in [3.8, 4) is 12.3 Å². The minimum Gasteiger partial charge on any atom is -0.233 e. The third-order valence-corrected chi connectivity index (χ3v) is 0.958. The first-order valence-corrected chi connectivity index (χ1v) is 3.29. The van der Waals surface area contributed by atoms with Crippen LogP contribution in [-0.4, -0.2) is 6.17 Å². The van der Waals surface area contributed by atoms with Gasteiger partial charge in [-0.1, -0.05) is 26.7 Å². The highest BCUT2D eigenvalue weighted by molar-refractivity contribution is 5.02. The highest BCUT2D eigenvalue weighted by atomic mass is 19.1. The van der Waals surface area contributed by atoms with E-state index in [4.69, 9.17) is 6.42 Å². The van der Waals surface area contributed by atoms with Gasteiger partial charge in [-0.15, -0.1) is 6.42 Å². The molecule has 0 saturated carbocycles. The van der Waals surface area contributed by atoms with E-state index >= 15 is 0 Å². The zero-order chi connectivity index (χ0) is 8.20. The van der Waals surface area contributed by atoms with Crippen molar-refractivity contribution >= 4 is 0 Å². The number of hydrogen-bond acceptors (Lipinski definition) is 0. The van der Waals surface area contributed by atoms with Crippen LogP contribution in [0.25, 0.3) is 0 Å². The van der Waals surface area contributed by atoms with E-state index < -0.39 is 6.17 Å². The van der Waals surface area contributed by atoms with Crippen molar-refractivity contribution in [3.63, 3.8) is 0 Å². The van der Waals surface area contributed by atoms with Gasteiger partial charge in [0.1, 0.15) is 0 Å². The Kier molecular flexibility index (Phi) is 3.42. The molecule has 0 spiro atoms. The van der Waals surface area contributed by atoms with Crippen LogP contribution in [-0.2, 0) is 0 Å². The molecule has 56 valence electrons. The van der Waals surface area contributed by atoms with Crippen LogP contribution >= 0.6 is 0 Å². The summed E-state index contributed by atoms with van der Waals surface area (Å²) in [6.45, 7) is 6.05. The molecule has 0 rings (SSSR count). The first kappa shape index (κ1) is 9.49. The predicted octanol–water partition coefficient (Wildman–Crippen LogP) is 2.48. The molecule has 1 atom stereocenters. The predicted molar refractivity (Wildman–Crippen MR) is 41.0 cm³/mol. The molecule has 0 aromatic rings. The van der Waals surface area contributed by atoms with Gasteiger partial charge in [-0.2, -0.15) is 0 Å². The lowest BCUT2D eigenvalue weighted by Crippen LogP contribution is -2.09. The summed E-state index contributed by atoms with van der Waals surface area (Å²) in [6.07, 6.45) is 6.67. The summed E-state index contributed by atoms with van der Waals surface area (Å²) < 4.78 is 12.3. The van der Waals surface area contributed by atoms with E-state index in [9.17, 15) is 4.39 Å². The Hall–Kier alpha value is -0.510. The zero-order valence-corrected chi connectivity index (χ0v) is 6.74. The minimum atomic E-state index is -1.31. The van der Waals surface area contributed by atoms with Gasteiger partial charge in [0, 0.05) is 6.42 Å². The number of rotatable bonds is 2. The quantitative estimate of drug-likeness (QED) is 0.517. The summed E-state index contributed by atoms with van der Waals surface area (Å²) in [5.74, 6) is 1.96. The summed E-state index contributed by atoms with van der Waals surface area (Å²) in [7, 11) is 0. The lowest BCUT2D eigenvalue weighted by atomic mass is 9.90. The van der Waals surface area contributed by atoms with Crippen molar-refractivity contribution in [2.24, 2.45) is 5.41 Å². The molecule has 0 aromatic carbocycles. The van der Waals surface area contributed by atoms with Crippen LogP contribution < -0.4 is 0 Å². The summed E-state index contributed by atoms with van der Waals surface area (Å²) in [4.78, 5) is 0. The maximum atomic E-state index is 12.3. The molecule has 0 fully saturated rings. The van der Waals surface area contributed by atoms with E-state index in [2.05, 4.69) is 6.42 Å². The van der Waals surface area contributed by atoms with Crippen LogP contribution in [0.4, 0.5) is 4.39 Å². The van der Waals surface area contributed by atoms with Crippen LogP contribution in [0.3, 0.4) is 0 Å². The molecule has 1 unspecified atom stereocenters. The second kappa shape index (κ2) is 3.61. The molecule has 0 heterocycles. The molecule has 0 amide bonds. The minimum absolute atomic E-state index is 0.0845. The molecule has 0 N–H and O–H groups in total. The van der Waals surface area contributed by atoms with Gasteiger partial charge in [-0.05, 0) is 11.8 Å². The van der Waals surface area contributed by atoms with Crippen LogP contribution in [0.1, 0.15) is 27.2 Å². The van der Waals surface area contributed by atoms with Crippen molar-refractivity contribution < 1.29 is 4.39 Å². The van der Waals surface area contributed by atoms with E-state index in [0.29, 0.717) is 6.42 Å². The molecule has 0 aromatic heterocycles. The van der Waals surface area contributed by atoms with Gasteiger partial charge >= 0.3 is 0 Å². The molecule has 1 heteroatoms. The summed E-state index contributed by atoms with van der Waals surface area (Å²) in [5.41, 5.74) is 0.0845. The Balaban J connectivity index is 3.48. The molecule has 0 aliphatic heterocycles. The molecule has 0 aliphatic carbocycles. The van der Waals surface area contributed by atoms with Crippen molar-refractivity contribution in [3.05, 3.63) is 6.42 Å². The van der Waals surface area contributed by atoms with E-state index in [-0.39, 0.29) is 5.41 Å². The summed E-state index contributed by atoms with van der Waals surface area (Å²) >= 11 is 0. The lowest BCUT2D eigenvalue weighted by molar-refractivity contribution is 0.362. The van der Waals surface area contributed by atoms with E-state index in [1.54, 1.807) is 0 Å². The monoisotopic (exact) mass is 140 g/mol. The van der Waals surface area contributed by atoms with Crippen LogP contribution in [0.15, 0.2) is 0 Å². The van der Waals surface area contributed by atoms with Gasteiger partial charge in [-0.3, -0.25) is 0 Å². The normalized spacial score (nSPS) is 14.3. The maximum Gasteiger partial charge on any atom is 0.167 e. The Morgan fingerprint density at radius 3 is 2.30 bits per heavy atom. The highest BCUT2D eigenvalue weighted by Gasteiger charge is 2.13. The fourth-order valence-electron chi connectivity index (χ4n) is 0.455. The van der Waals surface area contributed by atoms with Crippen LogP contribution in [0.2, 0.25) is 0 Å². The Labute approximate surface area is 62.8 Å². The molecule has 10 heavy (non-hydrogen) atoms. The van der Waals surface area contributed by atoms with Crippen molar-refractivity contribution in [1.29, 1.82) is 0 Å². The molecular weight excluding hydrogens is 127 g/mol. The number of alkyl halides is 1. The molecule has 0 saturated heterocycles. The van der Waals surface area contributed by atoms with Crippen LogP contribution in [0, 0.1) is 24.2 Å². The molecule has 0 nitrogen and oxygen atoms in total. The van der Waals surface area contributed by atoms with Crippen molar-refractivity contribution in [2.75, 3.05) is 0 Å². The molecule has 0 aliphatic rings. The van der Waals surface area contributed by atoms with E-state index in [0.717, 1.165) is 0 Å². The second-order valence-corrected chi connectivity index (χ2v) is 3.47. The SMILES string of the molecule is C#CC(F)[C]CC(C)(C)C. The van der Waals surface area contributed by atoms with Crippen molar-refractivity contribution in [2.45, 2.75) is 33.4 Å². The zero-order valence-electron chi connectivity index (χ0n) is 6.74. The Bertz CT molecular complexity index is 125. The average molecular weight is 140 g/mol. The first-order valence-electron chi connectivity index (χ1n) is 3.29. The van der Waals surface area contributed by atoms with E-state index in [1.165, 1.54) is 0 Å². The third-order valence-electron chi connectivity index (χ3n) is 0.958. The fraction of sp³-hybridized carbons (Fsp3) is 0.667. The Morgan fingerprint density at radius 1 is 1.50 bits per heavy atom. The Morgan fingerprint density at radius 2 is 2.00 bits per heavy atom. The second-order valence-electron chi connectivity index (χ2n) is 3.47. The smallest absolute Gasteiger partial charge is 0.167 e. The van der Waals surface area contributed by atoms with Gasteiger partial charge in [0.05, 0.1) is 0 Å². The summed E-state index contributed by atoms with van der Waals surface area (Å²) in [6, 6.07) is 0. The number of terminal acetylenes is 1. The van der Waals surface area contributed by atoms with Gasteiger partial charge in [0.2, 0.25) is 0 Å². The van der Waals surface area contributed by atoms with Crippen molar-refractivity contribution in [1.82, 2.24) is 0 Å². The number of halogens is 1. The third kappa shape index (κ3) is 5.62. The summed E-state index contributed by atoms with van der Waals surface area (Å²) in [5, 5.41) is 0. The molecule has 0 bridgehead atoms. The lowest BCUT2D eigenvalue weighted by Gasteiger charge is -2.16. The fourth-order valence-corrected chi connectivity index (χ4v) is 0.455. The number of hydrogen-bond donors (Lipinski definition) is 0. The standard InChI is InChI=1S/C9H13F/c1-5-8(10)6-7-9(2,3)4/h1,8H,7H2,2-4H3. The van der Waals surface area contributed by atoms with Gasteiger partial charge in [0.15, 0.2) is 6.17 Å². The largest absolute Gasteiger partial charge is 0.233 e. The van der Waals surface area contributed by atoms with Crippen LogP contribution in [0.5, 0.6) is 0 Å². The first-order chi connectivity index (χ1) is 4.45. The maximum absolute atomic E-state index is 12.3. The van der Waals surface area contributed by atoms with E-state index in [1.807, 2.05) is 26.7 Å². The van der Waals surface area contributed by atoms with Gasteiger partial charge in [0.25, 0.3) is 0 Å². The highest BCUT2D eigenvalue weighted by Crippen LogP contribution is 2.21. The van der Waals surface area contributed by atoms with Gasteiger partial charge in [-0.25, -0.2) is 4.39 Å². The van der Waals surface area contributed by atoms with Gasteiger partial charge < -0.3 is 0 Å². The molecular formula is C9H13F. The molecule has 2 radical (unpaired) electrons. The topological polar surface area (TPSA) is 0 Å².